The third-order valence-electron chi connectivity index (χ3n) is 1.77. The molecular formula is C10H7N2O. The summed E-state index contributed by atoms with van der Waals surface area (Å²) in [5.41, 5.74) is 6.23. The first-order valence-electron chi connectivity index (χ1n) is 3.84. The van der Waals surface area contributed by atoms with Gasteiger partial charge in [0, 0.05) is 17.6 Å². The number of aromatic nitrogens is 1. The Morgan fingerprint density at radius 3 is 2.92 bits per heavy atom. The lowest BCUT2D eigenvalue weighted by Gasteiger charge is -1.97. The number of benzene rings is 1. The van der Waals surface area contributed by atoms with E-state index >= 15 is 0 Å². The minimum atomic E-state index is -0.502. The Balaban J connectivity index is 2.69. The van der Waals surface area contributed by atoms with E-state index in [1.165, 1.54) is 6.20 Å². The summed E-state index contributed by atoms with van der Waals surface area (Å²) in [4.78, 5) is 14.9. The van der Waals surface area contributed by atoms with Crippen LogP contribution in [0.25, 0.3) is 10.9 Å². The predicted octanol–water partition coefficient (Wildman–Crippen LogP) is 1.13. The SMILES string of the molecule is NC(=O)c1[c]c2ccccc2nc1. The number of hydrogen-bond acceptors (Lipinski definition) is 2. The minimum absolute atomic E-state index is 0.318. The molecule has 0 saturated carbocycles. The van der Waals surface area contributed by atoms with Crippen molar-refractivity contribution in [2.45, 2.75) is 0 Å². The maximum Gasteiger partial charge on any atom is 0.250 e. The summed E-state index contributed by atoms with van der Waals surface area (Å²) in [6, 6.07) is 10.3. The molecule has 0 aliphatic rings. The number of fused-ring (bicyclic) bond motifs is 1. The van der Waals surface area contributed by atoms with E-state index in [0.29, 0.717) is 5.56 Å². The number of nitrogens with two attached hydrogens (primary N) is 1. The number of primary amides is 1. The molecule has 1 heterocycles. The molecule has 0 unspecified atom stereocenters. The molecule has 1 amide bonds. The van der Waals surface area contributed by atoms with Gasteiger partial charge in [0.2, 0.25) is 0 Å². The number of nitrogens with zero attached hydrogens (tertiary/aromatic N) is 1. The van der Waals surface area contributed by atoms with Gasteiger partial charge < -0.3 is 5.73 Å². The molecule has 0 fully saturated rings. The Hall–Kier alpha value is -1.90. The molecule has 0 bridgehead atoms. The molecule has 0 atom stereocenters. The maximum absolute atomic E-state index is 10.8. The normalized spacial score (nSPS) is 10.2. The fraction of sp³-hybridized carbons (Fsp3) is 0. The summed E-state index contributed by atoms with van der Waals surface area (Å²) < 4.78 is 0. The van der Waals surface area contributed by atoms with Crippen LogP contribution in [0.15, 0.2) is 30.5 Å². The van der Waals surface area contributed by atoms with Gasteiger partial charge in [0.15, 0.2) is 0 Å². The molecule has 13 heavy (non-hydrogen) atoms. The first-order chi connectivity index (χ1) is 6.27. The van der Waals surface area contributed by atoms with E-state index in [0.717, 1.165) is 10.9 Å². The quantitative estimate of drug-likeness (QED) is 0.699. The molecule has 0 saturated heterocycles. The molecule has 63 valence electrons. The highest BCUT2D eigenvalue weighted by atomic mass is 16.1. The van der Waals surface area contributed by atoms with E-state index in [9.17, 15) is 4.79 Å². The lowest BCUT2D eigenvalue weighted by Crippen LogP contribution is -2.11. The summed E-state index contributed by atoms with van der Waals surface area (Å²) in [7, 11) is 0. The van der Waals surface area contributed by atoms with Crippen molar-refractivity contribution < 1.29 is 4.79 Å². The number of carbonyl (C=O) groups excluding carboxylic acids is 1. The van der Waals surface area contributed by atoms with E-state index in [2.05, 4.69) is 11.1 Å². The average molecular weight is 171 g/mol. The van der Waals surface area contributed by atoms with Gasteiger partial charge in [-0.1, -0.05) is 18.2 Å². The van der Waals surface area contributed by atoms with Gasteiger partial charge in [-0.2, -0.15) is 0 Å². The highest BCUT2D eigenvalue weighted by Crippen LogP contribution is 2.10. The Bertz CT molecular complexity index is 465. The summed E-state index contributed by atoms with van der Waals surface area (Å²) in [6.07, 6.45) is 1.44. The van der Waals surface area contributed by atoms with Gasteiger partial charge in [-0.25, -0.2) is 0 Å². The summed E-state index contributed by atoms with van der Waals surface area (Å²) in [6.45, 7) is 0. The van der Waals surface area contributed by atoms with E-state index in [1.54, 1.807) is 0 Å². The van der Waals surface area contributed by atoms with E-state index in [4.69, 9.17) is 5.73 Å². The molecule has 2 aromatic rings. The van der Waals surface area contributed by atoms with Crippen LogP contribution >= 0.6 is 0 Å². The second-order valence-corrected chi connectivity index (χ2v) is 2.68. The van der Waals surface area contributed by atoms with Crippen LogP contribution in [0, 0.1) is 6.07 Å². The third-order valence-corrected chi connectivity index (χ3v) is 1.77. The molecule has 1 radical (unpaired) electrons. The molecular weight excluding hydrogens is 164 g/mol. The zero-order chi connectivity index (χ0) is 9.26. The van der Waals surface area contributed by atoms with E-state index < -0.39 is 5.91 Å². The zero-order valence-corrected chi connectivity index (χ0v) is 6.82. The molecule has 3 heteroatoms. The van der Waals surface area contributed by atoms with Crippen LogP contribution in [0.5, 0.6) is 0 Å². The predicted molar refractivity (Wildman–Crippen MR) is 49.1 cm³/mol. The minimum Gasteiger partial charge on any atom is -0.366 e. The second kappa shape index (κ2) is 2.86. The van der Waals surface area contributed by atoms with Crippen LogP contribution in [0.4, 0.5) is 0 Å². The van der Waals surface area contributed by atoms with Gasteiger partial charge >= 0.3 is 0 Å². The van der Waals surface area contributed by atoms with Crippen molar-refractivity contribution in [2.75, 3.05) is 0 Å². The first-order valence-corrected chi connectivity index (χ1v) is 3.84. The number of pyridine rings is 1. The van der Waals surface area contributed by atoms with Crippen LogP contribution in [-0.4, -0.2) is 10.9 Å². The van der Waals surface area contributed by atoms with Gasteiger partial charge in [-0.15, -0.1) is 0 Å². The number of carbonyl (C=O) groups is 1. The monoisotopic (exact) mass is 171 g/mol. The van der Waals surface area contributed by atoms with Gasteiger partial charge in [0.1, 0.15) is 0 Å². The van der Waals surface area contributed by atoms with E-state index in [1.807, 2.05) is 24.3 Å². The van der Waals surface area contributed by atoms with Crippen LogP contribution in [-0.2, 0) is 0 Å². The van der Waals surface area contributed by atoms with Gasteiger partial charge in [-0.3, -0.25) is 9.78 Å². The van der Waals surface area contributed by atoms with E-state index in [-0.39, 0.29) is 0 Å². The van der Waals surface area contributed by atoms with Crippen LogP contribution in [0.3, 0.4) is 0 Å². The summed E-state index contributed by atoms with van der Waals surface area (Å²) in [5.74, 6) is -0.502. The third kappa shape index (κ3) is 1.36. The molecule has 1 aromatic carbocycles. The molecule has 1 aromatic heterocycles. The first kappa shape index (κ1) is 7.73. The Labute approximate surface area is 75.2 Å². The number of rotatable bonds is 1. The maximum atomic E-state index is 10.8. The lowest BCUT2D eigenvalue weighted by atomic mass is 10.1. The Kier molecular flexibility index (Phi) is 1.70. The van der Waals surface area contributed by atoms with Gasteiger partial charge in [0.25, 0.3) is 5.91 Å². The number of amides is 1. The van der Waals surface area contributed by atoms with Gasteiger partial charge in [-0.05, 0) is 6.07 Å². The van der Waals surface area contributed by atoms with Crippen molar-refractivity contribution in [3.05, 3.63) is 42.1 Å². The highest BCUT2D eigenvalue weighted by molar-refractivity contribution is 5.95. The average Bonchev–Trinajstić information content (AvgIpc) is 2.17. The fourth-order valence-corrected chi connectivity index (χ4v) is 1.13. The smallest absolute Gasteiger partial charge is 0.250 e. The summed E-state index contributed by atoms with van der Waals surface area (Å²) >= 11 is 0. The topological polar surface area (TPSA) is 56.0 Å². The van der Waals surface area contributed by atoms with Crippen LogP contribution < -0.4 is 5.73 Å². The van der Waals surface area contributed by atoms with Crippen molar-refractivity contribution in [1.82, 2.24) is 4.98 Å². The number of para-hydroxylation sites is 1. The molecule has 0 aliphatic heterocycles. The van der Waals surface area contributed by atoms with Crippen molar-refractivity contribution in [1.29, 1.82) is 0 Å². The molecule has 2 N–H and O–H groups in total. The molecule has 0 spiro atoms. The van der Waals surface area contributed by atoms with Crippen molar-refractivity contribution in [2.24, 2.45) is 5.73 Å². The van der Waals surface area contributed by atoms with Crippen molar-refractivity contribution >= 4 is 16.8 Å². The largest absolute Gasteiger partial charge is 0.366 e. The molecule has 0 aliphatic carbocycles. The van der Waals surface area contributed by atoms with Crippen molar-refractivity contribution in [3.63, 3.8) is 0 Å². The van der Waals surface area contributed by atoms with Gasteiger partial charge in [0.05, 0.1) is 11.1 Å². The Morgan fingerprint density at radius 2 is 2.15 bits per heavy atom. The molecule has 3 nitrogen and oxygen atoms in total. The van der Waals surface area contributed by atoms with Crippen LogP contribution in [0.2, 0.25) is 0 Å². The summed E-state index contributed by atoms with van der Waals surface area (Å²) in [5, 5.41) is 0.804. The lowest BCUT2D eigenvalue weighted by molar-refractivity contribution is 0.1000. The van der Waals surface area contributed by atoms with Crippen molar-refractivity contribution in [3.8, 4) is 0 Å². The zero-order valence-electron chi connectivity index (χ0n) is 6.82. The molecule has 2 rings (SSSR count). The number of hydrogen-bond donors (Lipinski definition) is 1. The van der Waals surface area contributed by atoms with Crippen LogP contribution in [0.1, 0.15) is 10.4 Å². The second-order valence-electron chi connectivity index (χ2n) is 2.68. The Morgan fingerprint density at radius 1 is 1.38 bits per heavy atom. The fourth-order valence-electron chi connectivity index (χ4n) is 1.13. The highest BCUT2D eigenvalue weighted by Gasteiger charge is 2.01. The standard InChI is InChI=1S/C10H7N2O/c11-10(13)8-5-7-3-1-2-4-9(7)12-6-8/h1-4,6H,(H2,11,13).